The van der Waals surface area contributed by atoms with Crippen LogP contribution in [0.25, 0.3) is 11.5 Å². The molecular formula is C10H7N5O2S. The quantitative estimate of drug-likeness (QED) is 0.749. The summed E-state index contributed by atoms with van der Waals surface area (Å²) in [6, 6.07) is 5.15. The lowest BCUT2D eigenvalue weighted by atomic mass is 10.3. The number of carbonyl (C=O) groups is 1. The minimum absolute atomic E-state index is 0.261. The molecule has 3 aromatic rings. The van der Waals surface area contributed by atoms with E-state index >= 15 is 0 Å². The molecule has 0 aliphatic heterocycles. The van der Waals surface area contributed by atoms with E-state index in [4.69, 9.17) is 4.42 Å². The Kier molecular flexibility index (Phi) is 2.61. The predicted molar refractivity (Wildman–Crippen MR) is 64.2 cm³/mol. The summed E-state index contributed by atoms with van der Waals surface area (Å²) in [7, 11) is 0. The number of H-pyrrole nitrogens is 1. The van der Waals surface area contributed by atoms with Crippen molar-refractivity contribution in [2.75, 3.05) is 5.32 Å². The lowest BCUT2D eigenvalue weighted by Crippen LogP contribution is -2.12. The van der Waals surface area contributed by atoms with Gasteiger partial charge in [0.25, 0.3) is 5.91 Å². The molecule has 0 bridgehead atoms. The molecule has 0 unspecified atom stereocenters. The van der Waals surface area contributed by atoms with E-state index in [1.807, 2.05) is 0 Å². The smallest absolute Gasteiger partial charge is 0.277 e. The third-order valence-corrected chi connectivity index (χ3v) is 2.78. The largest absolute Gasteiger partial charge is 0.463 e. The Morgan fingerprint density at radius 3 is 3.17 bits per heavy atom. The van der Waals surface area contributed by atoms with Crippen LogP contribution in [0, 0.1) is 0 Å². The number of carbonyl (C=O) groups excluding carboxylic acids is 1. The first-order valence-electron chi connectivity index (χ1n) is 5.00. The zero-order chi connectivity index (χ0) is 12.4. The van der Waals surface area contributed by atoms with Gasteiger partial charge in [-0.1, -0.05) is 11.3 Å². The maximum Gasteiger partial charge on any atom is 0.277 e. The van der Waals surface area contributed by atoms with E-state index in [0.29, 0.717) is 16.6 Å². The third kappa shape index (κ3) is 2.00. The summed E-state index contributed by atoms with van der Waals surface area (Å²) in [5.41, 5.74) is 2.44. The molecule has 0 aliphatic rings. The van der Waals surface area contributed by atoms with Crippen LogP contribution in [0.1, 0.15) is 10.5 Å². The molecule has 0 atom stereocenters. The fraction of sp³-hybridized carbons (Fsp3) is 0. The second kappa shape index (κ2) is 4.41. The van der Waals surface area contributed by atoms with E-state index in [9.17, 15) is 4.79 Å². The van der Waals surface area contributed by atoms with Gasteiger partial charge in [0, 0.05) is 6.07 Å². The number of furan rings is 1. The number of nitrogens with one attached hydrogen (secondary N) is 2. The maximum atomic E-state index is 11.8. The standard InChI is InChI=1S/C10H7N5O2S/c16-9(12-10-15-11-5-18-10)7-4-6(13-14-7)8-2-1-3-17-8/h1-5H,(H,13,14)(H,12,15,16). The van der Waals surface area contributed by atoms with Crippen LogP contribution >= 0.6 is 11.3 Å². The van der Waals surface area contributed by atoms with Crippen LogP contribution < -0.4 is 5.32 Å². The van der Waals surface area contributed by atoms with Crippen LogP contribution in [0.15, 0.2) is 34.4 Å². The molecule has 0 spiro atoms. The number of nitrogens with zero attached hydrogens (tertiary/aromatic N) is 3. The number of hydrogen-bond donors (Lipinski definition) is 2. The Balaban J connectivity index is 1.79. The van der Waals surface area contributed by atoms with E-state index in [1.165, 1.54) is 16.8 Å². The molecule has 0 saturated heterocycles. The summed E-state index contributed by atoms with van der Waals surface area (Å²) in [5, 5.41) is 17.0. The van der Waals surface area contributed by atoms with Gasteiger partial charge in [0.05, 0.1) is 6.26 Å². The highest BCUT2D eigenvalue weighted by Crippen LogP contribution is 2.18. The zero-order valence-corrected chi connectivity index (χ0v) is 9.77. The molecule has 8 heteroatoms. The zero-order valence-electron chi connectivity index (χ0n) is 8.95. The first-order valence-corrected chi connectivity index (χ1v) is 5.88. The van der Waals surface area contributed by atoms with Crippen molar-refractivity contribution in [1.82, 2.24) is 20.4 Å². The fourth-order valence-corrected chi connectivity index (χ4v) is 1.82. The van der Waals surface area contributed by atoms with E-state index in [0.717, 1.165) is 0 Å². The maximum absolute atomic E-state index is 11.8. The van der Waals surface area contributed by atoms with Crippen molar-refractivity contribution in [1.29, 1.82) is 0 Å². The Hall–Kier alpha value is -2.48. The summed E-state index contributed by atoms with van der Waals surface area (Å²) in [5.74, 6) is 0.276. The monoisotopic (exact) mass is 261 g/mol. The average Bonchev–Trinajstić information content (AvgIpc) is 3.11. The van der Waals surface area contributed by atoms with E-state index < -0.39 is 0 Å². The van der Waals surface area contributed by atoms with Gasteiger partial charge >= 0.3 is 0 Å². The number of rotatable bonds is 3. The number of aromatic nitrogens is 4. The lowest BCUT2D eigenvalue weighted by molar-refractivity contribution is 0.102. The molecule has 90 valence electrons. The van der Waals surface area contributed by atoms with Crippen molar-refractivity contribution >= 4 is 22.4 Å². The van der Waals surface area contributed by atoms with Crippen molar-refractivity contribution in [2.45, 2.75) is 0 Å². The highest BCUT2D eigenvalue weighted by Gasteiger charge is 2.13. The molecule has 7 nitrogen and oxygen atoms in total. The van der Waals surface area contributed by atoms with Gasteiger partial charge in [-0.15, -0.1) is 10.2 Å². The Bertz CT molecular complexity index is 644. The average molecular weight is 261 g/mol. The molecule has 1 amide bonds. The molecular weight excluding hydrogens is 254 g/mol. The van der Waals surface area contributed by atoms with Gasteiger partial charge in [-0.3, -0.25) is 15.2 Å². The molecule has 0 saturated carbocycles. The molecule has 0 radical (unpaired) electrons. The van der Waals surface area contributed by atoms with Crippen molar-refractivity contribution in [2.24, 2.45) is 0 Å². The number of amides is 1. The summed E-state index contributed by atoms with van der Waals surface area (Å²) in [4.78, 5) is 11.8. The van der Waals surface area contributed by atoms with E-state index in [1.54, 1.807) is 24.5 Å². The van der Waals surface area contributed by atoms with Gasteiger partial charge in [0.15, 0.2) is 11.5 Å². The topological polar surface area (TPSA) is 96.7 Å². The number of hydrogen-bond acceptors (Lipinski definition) is 6. The van der Waals surface area contributed by atoms with Crippen molar-refractivity contribution in [3.05, 3.63) is 35.7 Å². The summed E-state index contributed by atoms with van der Waals surface area (Å²) in [6.45, 7) is 0. The van der Waals surface area contributed by atoms with Gasteiger partial charge in [-0.2, -0.15) is 5.10 Å². The van der Waals surface area contributed by atoms with Crippen molar-refractivity contribution in [3.8, 4) is 11.5 Å². The molecule has 3 rings (SSSR count). The van der Waals surface area contributed by atoms with Crippen molar-refractivity contribution < 1.29 is 9.21 Å². The number of aromatic amines is 1. The van der Waals surface area contributed by atoms with Gasteiger partial charge in [-0.25, -0.2) is 0 Å². The normalized spacial score (nSPS) is 10.4. The SMILES string of the molecule is O=C(Nc1nncs1)c1cc(-c2ccco2)[nH]n1. The number of anilines is 1. The first kappa shape index (κ1) is 10.7. The molecule has 18 heavy (non-hydrogen) atoms. The molecule has 0 fully saturated rings. The molecule has 3 heterocycles. The first-order chi connectivity index (χ1) is 8.83. The third-order valence-electron chi connectivity index (χ3n) is 2.18. The van der Waals surface area contributed by atoms with Crippen LogP contribution in [-0.2, 0) is 0 Å². The van der Waals surface area contributed by atoms with Crippen LogP contribution in [0.3, 0.4) is 0 Å². The molecule has 2 N–H and O–H groups in total. The minimum atomic E-state index is -0.346. The molecule has 3 aromatic heterocycles. The Labute approximate surface area is 105 Å². The van der Waals surface area contributed by atoms with Gasteiger partial charge in [-0.05, 0) is 12.1 Å². The van der Waals surface area contributed by atoms with Crippen LogP contribution in [-0.4, -0.2) is 26.3 Å². The Morgan fingerprint density at radius 1 is 1.50 bits per heavy atom. The van der Waals surface area contributed by atoms with Crippen LogP contribution in [0.2, 0.25) is 0 Å². The Morgan fingerprint density at radius 2 is 2.44 bits per heavy atom. The summed E-state index contributed by atoms with van der Waals surface area (Å²) >= 11 is 1.24. The van der Waals surface area contributed by atoms with Crippen LogP contribution in [0.4, 0.5) is 5.13 Å². The highest BCUT2D eigenvalue weighted by atomic mass is 32.1. The molecule has 0 aromatic carbocycles. The van der Waals surface area contributed by atoms with Gasteiger partial charge < -0.3 is 4.42 Å². The van der Waals surface area contributed by atoms with Gasteiger partial charge in [0.1, 0.15) is 11.2 Å². The van der Waals surface area contributed by atoms with Gasteiger partial charge in [0.2, 0.25) is 5.13 Å². The highest BCUT2D eigenvalue weighted by molar-refractivity contribution is 7.13. The summed E-state index contributed by atoms with van der Waals surface area (Å²) < 4.78 is 5.20. The lowest BCUT2D eigenvalue weighted by Gasteiger charge is -1.94. The second-order valence-electron chi connectivity index (χ2n) is 3.34. The second-order valence-corrected chi connectivity index (χ2v) is 4.18. The molecule has 0 aliphatic carbocycles. The fourth-order valence-electron chi connectivity index (χ4n) is 1.38. The van der Waals surface area contributed by atoms with E-state index in [-0.39, 0.29) is 11.6 Å². The minimum Gasteiger partial charge on any atom is -0.463 e. The van der Waals surface area contributed by atoms with E-state index in [2.05, 4.69) is 25.7 Å². The predicted octanol–water partition coefficient (Wildman–Crippen LogP) is 1.77. The van der Waals surface area contributed by atoms with Crippen LogP contribution in [0.5, 0.6) is 0 Å². The van der Waals surface area contributed by atoms with Crippen molar-refractivity contribution in [3.63, 3.8) is 0 Å². The summed E-state index contributed by atoms with van der Waals surface area (Å²) in [6.07, 6.45) is 1.55.